The van der Waals surface area contributed by atoms with Crippen LogP contribution in [0, 0.1) is 17.2 Å². The molecule has 1 rings (SSSR count). The molecule has 3 heteroatoms. The number of allylic oxidation sites excluding steroid dienone is 1. The highest BCUT2D eigenvalue weighted by atomic mass is 16.5. The number of rotatable bonds is 7. The second-order valence-corrected chi connectivity index (χ2v) is 5.30. The molecule has 1 aromatic rings. The van der Waals surface area contributed by atoms with Gasteiger partial charge in [0.15, 0.2) is 0 Å². The summed E-state index contributed by atoms with van der Waals surface area (Å²) >= 11 is 0. The summed E-state index contributed by atoms with van der Waals surface area (Å²) in [6, 6.07) is 12.4. The topological polar surface area (TPSA) is 50.1 Å². The summed E-state index contributed by atoms with van der Waals surface area (Å²) in [5, 5.41) is 9.73. The van der Waals surface area contributed by atoms with Crippen LogP contribution in [0.1, 0.15) is 39.2 Å². The van der Waals surface area contributed by atoms with E-state index in [0.29, 0.717) is 19.4 Å². The van der Waals surface area contributed by atoms with Gasteiger partial charge in [-0.1, -0.05) is 50.3 Å². The lowest BCUT2D eigenvalue weighted by molar-refractivity contribution is -0.137. The van der Waals surface area contributed by atoms with Crippen molar-refractivity contribution in [3.05, 3.63) is 48.0 Å². The van der Waals surface area contributed by atoms with Crippen molar-refractivity contribution < 1.29 is 9.53 Å². The van der Waals surface area contributed by atoms with Crippen LogP contribution in [0.15, 0.2) is 42.5 Å². The first-order valence-corrected chi connectivity index (χ1v) is 7.37. The lowest BCUT2D eigenvalue weighted by Crippen LogP contribution is -2.30. The quantitative estimate of drug-likeness (QED) is 0.562. The Balaban J connectivity index is 2.82. The Bertz CT molecular complexity index is 514. The predicted molar refractivity (Wildman–Crippen MR) is 83.6 cm³/mol. The van der Waals surface area contributed by atoms with E-state index in [1.807, 2.05) is 30.3 Å². The molecule has 0 aliphatic heterocycles. The zero-order valence-corrected chi connectivity index (χ0v) is 13.0. The van der Waals surface area contributed by atoms with Crippen molar-refractivity contribution in [2.24, 2.45) is 5.92 Å². The molecule has 0 N–H and O–H groups in total. The summed E-state index contributed by atoms with van der Waals surface area (Å²) in [6.07, 6.45) is 4.58. The van der Waals surface area contributed by atoms with E-state index in [0.717, 1.165) is 5.56 Å². The SMILES string of the molecule is CCOC(=O)C=CCCC(C#N)(c1ccccc1)C(C)C. The minimum absolute atomic E-state index is 0.195. The van der Waals surface area contributed by atoms with Crippen molar-refractivity contribution in [2.45, 2.75) is 39.0 Å². The van der Waals surface area contributed by atoms with E-state index in [1.165, 1.54) is 6.08 Å². The second kappa shape index (κ2) is 8.26. The molecule has 1 unspecified atom stereocenters. The monoisotopic (exact) mass is 285 g/mol. The van der Waals surface area contributed by atoms with Crippen molar-refractivity contribution >= 4 is 5.97 Å². The molecule has 0 spiro atoms. The van der Waals surface area contributed by atoms with Crippen LogP contribution in [0.25, 0.3) is 0 Å². The fourth-order valence-corrected chi connectivity index (χ4v) is 2.43. The lowest BCUT2D eigenvalue weighted by Gasteiger charge is -2.31. The number of nitriles is 1. The van der Waals surface area contributed by atoms with E-state index in [4.69, 9.17) is 4.74 Å². The predicted octanol–water partition coefficient (Wildman–Crippen LogP) is 4.00. The van der Waals surface area contributed by atoms with E-state index in [2.05, 4.69) is 19.9 Å². The summed E-state index contributed by atoms with van der Waals surface area (Å²) < 4.78 is 4.84. The van der Waals surface area contributed by atoms with Crippen LogP contribution in [0.5, 0.6) is 0 Å². The molecule has 0 fully saturated rings. The Kier molecular flexibility index (Phi) is 6.68. The second-order valence-electron chi connectivity index (χ2n) is 5.30. The molecule has 0 amide bonds. The molecule has 1 aromatic carbocycles. The number of hydrogen-bond acceptors (Lipinski definition) is 3. The first-order chi connectivity index (χ1) is 10.1. The van der Waals surface area contributed by atoms with Crippen molar-refractivity contribution in [3.8, 4) is 6.07 Å². The molecule has 21 heavy (non-hydrogen) atoms. The number of ether oxygens (including phenoxy) is 1. The highest BCUT2D eigenvalue weighted by Gasteiger charge is 2.34. The van der Waals surface area contributed by atoms with E-state index in [1.54, 1.807) is 13.0 Å². The van der Waals surface area contributed by atoms with Gasteiger partial charge in [0.1, 0.15) is 0 Å². The molecule has 0 saturated heterocycles. The van der Waals surface area contributed by atoms with Crippen molar-refractivity contribution in [1.82, 2.24) is 0 Å². The maximum absolute atomic E-state index is 11.3. The zero-order chi connectivity index (χ0) is 15.7. The van der Waals surface area contributed by atoms with Crippen LogP contribution in [-0.4, -0.2) is 12.6 Å². The molecule has 0 heterocycles. The fraction of sp³-hybridized carbons (Fsp3) is 0.444. The molecule has 0 aliphatic carbocycles. The van der Waals surface area contributed by atoms with Crippen LogP contribution in [0.4, 0.5) is 0 Å². The lowest BCUT2D eigenvalue weighted by atomic mass is 9.70. The number of hydrogen-bond donors (Lipinski definition) is 0. The molecule has 0 aliphatic rings. The third kappa shape index (κ3) is 4.46. The number of benzene rings is 1. The van der Waals surface area contributed by atoms with E-state index in [9.17, 15) is 10.1 Å². The Morgan fingerprint density at radius 1 is 1.38 bits per heavy atom. The molecule has 0 bridgehead atoms. The smallest absolute Gasteiger partial charge is 0.330 e. The van der Waals surface area contributed by atoms with Crippen LogP contribution in [-0.2, 0) is 14.9 Å². The molecule has 0 aromatic heterocycles. The molecule has 0 radical (unpaired) electrons. The minimum Gasteiger partial charge on any atom is -0.463 e. The molecular weight excluding hydrogens is 262 g/mol. The Hall–Kier alpha value is -2.08. The van der Waals surface area contributed by atoms with Crippen molar-refractivity contribution in [1.29, 1.82) is 5.26 Å². The van der Waals surface area contributed by atoms with Crippen LogP contribution >= 0.6 is 0 Å². The average molecular weight is 285 g/mol. The first kappa shape index (κ1) is 17.0. The standard InChI is InChI=1S/C18H23NO2/c1-4-21-17(20)12-8-9-13-18(14-19,15(2)3)16-10-6-5-7-11-16/h5-8,10-12,15H,4,9,13H2,1-3H3. The first-order valence-electron chi connectivity index (χ1n) is 7.37. The van der Waals surface area contributed by atoms with Gasteiger partial charge in [-0.25, -0.2) is 4.79 Å². The van der Waals surface area contributed by atoms with Gasteiger partial charge >= 0.3 is 5.97 Å². The highest BCUT2D eigenvalue weighted by molar-refractivity contribution is 5.81. The Morgan fingerprint density at radius 2 is 2.05 bits per heavy atom. The number of carbonyl (C=O) groups excluding carboxylic acids is 1. The number of carbonyl (C=O) groups is 1. The molecular formula is C18H23NO2. The zero-order valence-electron chi connectivity index (χ0n) is 13.0. The van der Waals surface area contributed by atoms with Gasteiger partial charge in [-0.05, 0) is 31.2 Å². The summed E-state index contributed by atoms with van der Waals surface area (Å²) in [5.41, 5.74) is 0.507. The number of esters is 1. The van der Waals surface area contributed by atoms with Gasteiger partial charge in [0.25, 0.3) is 0 Å². The maximum Gasteiger partial charge on any atom is 0.330 e. The van der Waals surface area contributed by atoms with Crippen molar-refractivity contribution in [3.63, 3.8) is 0 Å². The molecule has 3 nitrogen and oxygen atoms in total. The van der Waals surface area contributed by atoms with E-state index < -0.39 is 5.41 Å². The summed E-state index contributed by atoms with van der Waals surface area (Å²) in [6.45, 7) is 6.28. The van der Waals surface area contributed by atoms with Gasteiger partial charge in [-0.15, -0.1) is 0 Å². The van der Waals surface area contributed by atoms with Gasteiger partial charge in [0, 0.05) is 6.08 Å². The van der Waals surface area contributed by atoms with E-state index in [-0.39, 0.29) is 11.9 Å². The van der Waals surface area contributed by atoms with Crippen LogP contribution in [0.2, 0.25) is 0 Å². The number of nitrogens with zero attached hydrogens (tertiary/aromatic N) is 1. The molecule has 0 saturated carbocycles. The summed E-state index contributed by atoms with van der Waals surface area (Å²) in [5.74, 6) is -0.134. The third-order valence-corrected chi connectivity index (χ3v) is 3.72. The highest BCUT2D eigenvalue weighted by Crippen LogP contribution is 2.36. The fourth-order valence-electron chi connectivity index (χ4n) is 2.43. The van der Waals surface area contributed by atoms with Crippen LogP contribution in [0.3, 0.4) is 0 Å². The summed E-state index contributed by atoms with van der Waals surface area (Å²) in [4.78, 5) is 11.3. The van der Waals surface area contributed by atoms with Gasteiger partial charge in [-0.3, -0.25) is 0 Å². The van der Waals surface area contributed by atoms with Gasteiger partial charge in [-0.2, -0.15) is 5.26 Å². The van der Waals surface area contributed by atoms with Crippen LogP contribution < -0.4 is 0 Å². The Labute approximate surface area is 127 Å². The van der Waals surface area contributed by atoms with Gasteiger partial charge < -0.3 is 4.74 Å². The molecule has 112 valence electrons. The largest absolute Gasteiger partial charge is 0.463 e. The Morgan fingerprint density at radius 3 is 2.57 bits per heavy atom. The third-order valence-electron chi connectivity index (χ3n) is 3.72. The molecule has 1 atom stereocenters. The normalized spacial score (nSPS) is 13.9. The summed E-state index contributed by atoms with van der Waals surface area (Å²) in [7, 11) is 0. The van der Waals surface area contributed by atoms with Gasteiger partial charge in [0.2, 0.25) is 0 Å². The average Bonchev–Trinajstić information content (AvgIpc) is 2.48. The van der Waals surface area contributed by atoms with Gasteiger partial charge in [0.05, 0.1) is 18.1 Å². The van der Waals surface area contributed by atoms with Crippen molar-refractivity contribution in [2.75, 3.05) is 6.61 Å². The minimum atomic E-state index is -0.528. The maximum atomic E-state index is 11.3. The van der Waals surface area contributed by atoms with E-state index >= 15 is 0 Å².